The largest absolute Gasteiger partial charge is 0.496 e. The lowest BCUT2D eigenvalue weighted by Crippen LogP contribution is -2.20. The van der Waals surface area contributed by atoms with Crippen LogP contribution in [0.25, 0.3) is 22.2 Å². The molecule has 4 aromatic rings. The van der Waals surface area contributed by atoms with Crippen LogP contribution in [0.4, 0.5) is 25.0 Å². The number of amides is 2. The maximum atomic E-state index is 13.7. The summed E-state index contributed by atoms with van der Waals surface area (Å²) in [5.74, 6) is -0.972. The third kappa shape index (κ3) is 4.45. The lowest BCUT2D eigenvalue weighted by molar-refractivity contribution is 0.262. The van der Waals surface area contributed by atoms with E-state index >= 15 is 0 Å². The number of rotatable bonds is 4. The first-order valence-electron chi connectivity index (χ1n) is 9.52. The molecule has 0 bridgehead atoms. The zero-order valence-electron chi connectivity index (χ0n) is 16.9. The maximum Gasteiger partial charge on any atom is 0.323 e. The number of urea groups is 1. The van der Waals surface area contributed by atoms with Crippen molar-refractivity contribution in [2.45, 2.75) is 6.92 Å². The van der Waals surface area contributed by atoms with Gasteiger partial charge in [-0.3, -0.25) is 0 Å². The van der Waals surface area contributed by atoms with E-state index in [0.717, 1.165) is 29.0 Å². The molecule has 5 nitrogen and oxygen atoms in total. The van der Waals surface area contributed by atoms with Crippen molar-refractivity contribution < 1.29 is 18.3 Å². The second-order valence-corrected chi connectivity index (χ2v) is 7.01. The summed E-state index contributed by atoms with van der Waals surface area (Å²) in [6.45, 7) is 2.02. The number of carbonyl (C=O) groups is 1. The molecular weight excluding hydrogens is 400 g/mol. The van der Waals surface area contributed by atoms with Crippen LogP contribution in [0.5, 0.6) is 5.75 Å². The number of carbonyl (C=O) groups excluding carboxylic acids is 1. The van der Waals surface area contributed by atoms with Gasteiger partial charge in [0.25, 0.3) is 0 Å². The van der Waals surface area contributed by atoms with Crippen LogP contribution < -0.4 is 15.4 Å². The number of aromatic nitrogens is 1. The number of fused-ring (bicyclic) bond motifs is 1. The molecule has 1 aromatic heterocycles. The smallest absolute Gasteiger partial charge is 0.323 e. The van der Waals surface area contributed by atoms with Crippen LogP contribution in [0.3, 0.4) is 0 Å². The molecule has 0 atom stereocenters. The monoisotopic (exact) mass is 419 g/mol. The lowest BCUT2D eigenvalue weighted by Gasteiger charge is -2.12. The Bertz CT molecular complexity index is 1270. The van der Waals surface area contributed by atoms with Crippen molar-refractivity contribution in [3.8, 4) is 17.0 Å². The van der Waals surface area contributed by atoms with E-state index in [2.05, 4.69) is 10.6 Å². The van der Waals surface area contributed by atoms with Crippen molar-refractivity contribution in [2.75, 3.05) is 17.7 Å². The zero-order valence-corrected chi connectivity index (χ0v) is 16.9. The first kappa shape index (κ1) is 20.3. The van der Waals surface area contributed by atoms with Crippen LogP contribution in [-0.2, 0) is 0 Å². The first-order chi connectivity index (χ1) is 14.9. The van der Waals surface area contributed by atoms with Gasteiger partial charge in [-0.1, -0.05) is 29.8 Å². The third-order valence-electron chi connectivity index (χ3n) is 4.78. The Morgan fingerprint density at radius 1 is 0.935 bits per heavy atom. The molecule has 31 heavy (non-hydrogen) atoms. The Hall–Kier alpha value is -4.00. The highest BCUT2D eigenvalue weighted by Gasteiger charge is 2.12. The predicted octanol–water partition coefficient (Wildman–Crippen LogP) is 6.14. The van der Waals surface area contributed by atoms with E-state index in [1.165, 1.54) is 0 Å². The molecule has 0 aliphatic carbocycles. The van der Waals surface area contributed by atoms with Crippen LogP contribution in [0.15, 0.2) is 66.7 Å². The van der Waals surface area contributed by atoms with Gasteiger partial charge in [0.15, 0.2) is 0 Å². The van der Waals surface area contributed by atoms with E-state index in [1.54, 1.807) is 25.3 Å². The quantitative estimate of drug-likeness (QED) is 0.418. The fourth-order valence-corrected chi connectivity index (χ4v) is 3.19. The van der Waals surface area contributed by atoms with Crippen molar-refractivity contribution in [3.05, 3.63) is 83.9 Å². The second kappa shape index (κ2) is 8.39. The van der Waals surface area contributed by atoms with E-state index in [0.29, 0.717) is 28.4 Å². The highest BCUT2D eigenvalue weighted by atomic mass is 19.1. The van der Waals surface area contributed by atoms with Crippen molar-refractivity contribution in [2.24, 2.45) is 0 Å². The fraction of sp³-hybridized carbons (Fsp3) is 0.0833. The summed E-state index contributed by atoms with van der Waals surface area (Å²) in [6, 6.07) is 17.3. The van der Waals surface area contributed by atoms with Gasteiger partial charge in [-0.15, -0.1) is 0 Å². The summed E-state index contributed by atoms with van der Waals surface area (Å²) >= 11 is 0. The van der Waals surface area contributed by atoms with Gasteiger partial charge in [0, 0.05) is 28.8 Å². The van der Waals surface area contributed by atoms with E-state index in [1.807, 2.05) is 37.3 Å². The molecule has 0 spiro atoms. The summed E-state index contributed by atoms with van der Waals surface area (Å²) in [7, 11) is 1.57. The second-order valence-electron chi connectivity index (χ2n) is 7.01. The van der Waals surface area contributed by atoms with Gasteiger partial charge in [-0.05, 0) is 37.3 Å². The van der Waals surface area contributed by atoms with E-state index in [-0.39, 0.29) is 5.69 Å². The predicted molar refractivity (Wildman–Crippen MR) is 117 cm³/mol. The summed E-state index contributed by atoms with van der Waals surface area (Å²) in [5.41, 5.74) is 3.94. The van der Waals surface area contributed by atoms with Gasteiger partial charge >= 0.3 is 6.03 Å². The van der Waals surface area contributed by atoms with E-state index in [4.69, 9.17) is 9.72 Å². The minimum absolute atomic E-state index is 0.123. The molecule has 0 aliphatic rings. The van der Waals surface area contributed by atoms with Crippen molar-refractivity contribution >= 4 is 28.3 Å². The van der Waals surface area contributed by atoms with Crippen LogP contribution in [0.1, 0.15) is 5.56 Å². The number of anilines is 2. The minimum Gasteiger partial charge on any atom is -0.496 e. The summed E-state index contributed by atoms with van der Waals surface area (Å²) in [4.78, 5) is 16.9. The standard InChI is InChI=1S/C24H19F2N3O2/c1-14-3-5-15(6-4-14)22-13-23(31-2)18-12-17(8-10-20(18)28-22)27-24(30)29-21-9-7-16(25)11-19(21)26/h3-13H,1-2H3,(H2,27,29,30). The average Bonchev–Trinajstić information content (AvgIpc) is 2.75. The summed E-state index contributed by atoms with van der Waals surface area (Å²) < 4.78 is 32.3. The molecule has 0 saturated carbocycles. The highest BCUT2D eigenvalue weighted by Crippen LogP contribution is 2.32. The van der Waals surface area contributed by atoms with E-state index in [9.17, 15) is 13.6 Å². The highest BCUT2D eigenvalue weighted by molar-refractivity contribution is 6.01. The summed E-state index contributed by atoms with van der Waals surface area (Å²) in [6.07, 6.45) is 0. The number of hydrogen-bond donors (Lipinski definition) is 2. The number of ether oxygens (including phenoxy) is 1. The number of hydrogen-bond acceptors (Lipinski definition) is 3. The van der Waals surface area contributed by atoms with Gasteiger partial charge < -0.3 is 15.4 Å². The molecule has 0 fully saturated rings. The topological polar surface area (TPSA) is 63.2 Å². The molecule has 0 radical (unpaired) electrons. The molecule has 2 amide bonds. The molecule has 156 valence electrons. The van der Waals surface area contributed by atoms with Crippen LogP contribution in [0.2, 0.25) is 0 Å². The first-order valence-corrected chi connectivity index (χ1v) is 9.52. The van der Waals surface area contributed by atoms with Crippen molar-refractivity contribution in [1.29, 1.82) is 0 Å². The third-order valence-corrected chi connectivity index (χ3v) is 4.78. The average molecular weight is 419 g/mol. The van der Waals surface area contributed by atoms with Gasteiger partial charge in [-0.2, -0.15) is 0 Å². The van der Waals surface area contributed by atoms with Crippen LogP contribution >= 0.6 is 0 Å². The minimum atomic E-state index is -0.858. The van der Waals surface area contributed by atoms with Crippen LogP contribution in [0, 0.1) is 18.6 Å². The molecule has 0 aliphatic heterocycles. The Kier molecular flexibility index (Phi) is 5.49. The Morgan fingerprint density at radius 3 is 2.42 bits per heavy atom. The number of benzene rings is 3. The maximum absolute atomic E-state index is 13.7. The molecule has 2 N–H and O–H groups in total. The van der Waals surface area contributed by atoms with E-state index < -0.39 is 17.7 Å². The number of nitrogens with zero attached hydrogens (tertiary/aromatic N) is 1. The number of halogens is 2. The number of methoxy groups -OCH3 is 1. The van der Waals surface area contributed by atoms with Gasteiger partial charge in [0.1, 0.15) is 17.4 Å². The molecule has 3 aromatic carbocycles. The van der Waals surface area contributed by atoms with Crippen molar-refractivity contribution in [3.63, 3.8) is 0 Å². The van der Waals surface area contributed by atoms with Gasteiger partial charge in [0.2, 0.25) is 0 Å². The Labute approximate surface area is 177 Å². The fourth-order valence-electron chi connectivity index (χ4n) is 3.19. The number of nitrogens with one attached hydrogen (secondary N) is 2. The molecule has 4 rings (SSSR count). The Morgan fingerprint density at radius 2 is 1.71 bits per heavy atom. The molecule has 0 saturated heterocycles. The number of aryl methyl sites for hydroxylation is 1. The van der Waals surface area contributed by atoms with Crippen LogP contribution in [-0.4, -0.2) is 18.1 Å². The Balaban J connectivity index is 1.60. The molecular formula is C24H19F2N3O2. The van der Waals surface area contributed by atoms with Gasteiger partial charge in [-0.25, -0.2) is 18.6 Å². The molecule has 7 heteroatoms. The molecule has 0 unspecified atom stereocenters. The lowest BCUT2D eigenvalue weighted by atomic mass is 10.1. The number of pyridine rings is 1. The normalized spacial score (nSPS) is 10.7. The molecule has 1 heterocycles. The van der Waals surface area contributed by atoms with Gasteiger partial charge in [0.05, 0.1) is 24.0 Å². The summed E-state index contributed by atoms with van der Waals surface area (Å²) in [5, 5.41) is 5.71. The van der Waals surface area contributed by atoms with Crippen molar-refractivity contribution in [1.82, 2.24) is 4.98 Å². The SMILES string of the molecule is COc1cc(-c2ccc(C)cc2)nc2ccc(NC(=O)Nc3ccc(F)cc3F)cc12. The zero-order chi connectivity index (χ0) is 22.0.